The van der Waals surface area contributed by atoms with Crippen LogP contribution in [0.4, 0.5) is 8.78 Å². The number of likely N-dealkylation sites (N-methyl/N-ethyl adjacent to an activating group) is 1. The van der Waals surface area contributed by atoms with Crippen LogP contribution in [0.1, 0.15) is 5.56 Å². The number of carboxylic acid groups (broad SMARTS) is 1. The fraction of sp³-hybridized carbons (Fsp3) is 0.500. The lowest BCUT2D eigenvalue weighted by atomic mass is 10.0. The van der Waals surface area contributed by atoms with E-state index in [4.69, 9.17) is 9.84 Å². The SMILES string of the molecule is CN(Cc1ccccc1OC(F)F)C1COCC1C(=O)O. The number of aliphatic carboxylic acids is 1. The molecule has 1 N–H and O–H groups in total. The maximum absolute atomic E-state index is 12.4. The van der Waals surface area contributed by atoms with Crippen LogP contribution in [-0.2, 0) is 16.1 Å². The lowest BCUT2D eigenvalue weighted by Gasteiger charge is -2.26. The van der Waals surface area contributed by atoms with Crippen LogP contribution in [0.2, 0.25) is 0 Å². The highest BCUT2D eigenvalue weighted by atomic mass is 19.3. The molecule has 1 saturated heterocycles. The van der Waals surface area contributed by atoms with Gasteiger partial charge >= 0.3 is 12.6 Å². The van der Waals surface area contributed by atoms with Gasteiger partial charge in [-0.15, -0.1) is 0 Å². The van der Waals surface area contributed by atoms with Crippen LogP contribution in [0.5, 0.6) is 5.75 Å². The van der Waals surface area contributed by atoms with Crippen LogP contribution in [0, 0.1) is 5.92 Å². The summed E-state index contributed by atoms with van der Waals surface area (Å²) in [6.45, 7) is -2.11. The van der Waals surface area contributed by atoms with Crippen LogP contribution in [0.3, 0.4) is 0 Å². The highest BCUT2D eigenvalue weighted by Gasteiger charge is 2.36. The van der Waals surface area contributed by atoms with Crippen molar-refractivity contribution in [1.82, 2.24) is 4.90 Å². The molecule has 0 bridgehead atoms. The van der Waals surface area contributed by atoms with Gasteiger partial charge in [0.1, 0.15) is 5.75 Å². The number of carboxylic acids is 1. The Kier molecular flexibility index (Phi) is 5.08. The molecule has 0 aliphatic carbocycles. The van der Waals surface area contributed by atoms with Crippen molar-refractivity contribution in [2.75, 3.05) is 20.3 Å². The first-order valence-corrected chi connectivity index (χ1v) is 6.52. The maximum atomic E-state index is 12.4. The number of alkyl halides is 2. The Morgan fingerprint density at radius 2 is 2.19 bits per heavy atom. The van der Waals surface area contributed by atoms with Gasteiger partial charge < -0.3 is 14.6 Å². The highest BCUT2D eigenvalue weighted by Crippen LogP contribution is 2.25. The van der Waals surface area contributed by atoms with Crippen molar-refractivity contribution in [3.8, 4) is 5.75 Å². The predicted octanol–water partition coefficient (Wildman–Crippen LogP) is 1.82. The van der Waals surface area contributed by atoms with Crippen molar-refractivity contribution in [2.45, 2.75) is 19.2 Å². The Morgan fingerprint density at radius 1 is 1.48 bits per heavy atom. The van der Waals surface area contributed by atoms with E-state index in [0.717, 1.165) is 0 Å². The van der Waals surface area contributed by atoms with Crippen LogP contribution in [0.15, 0.2) is 24.3 Å². The molecule has 0 spiro atoms. The minimum Gasteiger partial charge on any atom is -0.481 e. The van der Waals surface area contributed by atoms with Gasteiger partial charge in [0.2, 0.25) is 0 Å². The second-order valence-electron chi connectivity index (χ2n) is 4.95. The van der Waals surface area contributed by atoms with E-state index < -0.39 is 18.5 Å². The summed E-state index contributed by atoms with van der Waals surface area (Å²) in [4.78, 5) is 12.9. The minimum absolute atomic E-state index is 0.102. The molecule has 5 nitrogen and oxygen atoms in total. The predicted molar refractivity (Wildman–Crippen MR) is 70.3 cm³/mol. The molecule has 7 heteroatoms. The fourth-order valence-corrected chi connectivity index (χ4v) is 2.44. The summed E-state index contributed by atoms with van der Waals surface area (Å²) in [5.41, 5.74) is 0.580. The van der Waals surface area contributed by atoms with Gasteiger partial charge in [-0.25, -0.2) is 0 Å². The first-order chi connectivity index (χ1) is 9.99. The van der Waals surface area contributed by atoms with Crippen LogP contribution >= 0.6 is 0 Å². The number of ether oxygens (including phenoxy) is 2. The lowest BCUT2D eigenvalue weighted by molar-refractivity contribution is -0.143. The summed E-state index contributed by atoms with van der Waals surface area (Å²) in [7, 11) is 1.74. The molecule has 2 rings (SSSR count). The van der Waals surface area contributed by atoms with Gasteiger partial charge in [-0.05, 0) is 13.1 Å². The van der Waals surface area contributed by atoms with Crippen molar-refractivity contribution in [3.63, 3.8) is 0 Å². The molecule has 0 amide bonds. The number of rotatable bonds is 6. The zero-order chi connectivity index (χ0) is 15.4. The largest absolute Gasteiger partial charge is 0.481 e. The quantitative estimate of drug-likeness (QED) is 0.868. The minimum atomic E-state index is -2.89. The van der Waals surface area contributed by atoms with Gasteiger partial charge in [-0.1, -0.05) is 18.2 Å². The number of nitrogens with zero attached hydrogens (tertiary/aromatic N) is 1. The lowest BCUT2D eigenvalue weighted by Crippen LogP contribution is -2.40. The molecule has 1 aliphatic heterocycles. The molecule has 116 valence electrons. The Labute approximate surface area is 121 Å². The zero-order valence-electron chi connectivity index (χ0n) is 11.5. The Bertz CT molecular complexity index is 498. The number of para-hydroxylation sites is 1. The molecule has 21 heavy (non-hydrogen) atoms. The molecule has 0 saturated carbocycles. The van der Waals surface area contributed by atoms with E-state index in [1.54, 1.807) is 30.1 Å². The van der Waals surface area contributed by atoms with Crippen LogP contribution < -0.4 is 4.74 Å². The molecule has 1 aliphatic rings. The molecular weight excluding hydrogens is 284 g/mol. The van der Waals surface area contributed by atoms with Crippen LogP contribution in [-0.4, -0.2) is 48.9 Å². The Hall–Kier alpha value is -1.73. The molecule has 1 aromatic carbocycles. The molecule has 1 heterocycles. The fourth-order valence-electron chi connectivity index (χ4n) is 2.44. The summed E-state index contributed by atoms with van der Waals surface area (Å²) in [5, 5.41) is 9.14. The van der Waals surface area contributed by atoms with Gasteiger partial charge in [0.25, 0.3) is 0 Å². The van der Waals surface area contributed by atoms with Crippen molar-refractivity contribution in [2.24, 2.45) is 5.92 Å². The monoisotopic (exact) mass is 301 g/mol. The number of hydrogen-bond donors (Lipinski definition) is 1. The second kappa shape index (κ2) is 6.82. The highest BCUT2D eigenvalue weighted by molar-refractivity contribution is 5.71. The van der Waals surface area contributed by atoms with Gasteiger partial charge in [0.05, 0.1) is 19.1 Å². The van der Waals surface area contributed by atoms with Crippen molar-refractivity contribution >= 4 is 5.97 Å². The summed E-state index contributed by atoms with van der Waals surface area (Å²) in [6.07, 6.45) is 0. The first kappa shape index (κ1) is 15.7. The third-order valence-electron chi connectivity index (χ3n) is 3.54. The van der Waals surface area contributed by atoms with Crippen molar-refractivity contribution < 1.29 is 28.2 Å². The maximum Gasteiger partial charge on any atom is 0.387 e. The number of halogens is 2. The van der Waals surface area contributed by atoms with E-state index >= 15 is 0 Å². The average molecular weight is 301 g/mol. The average Bonchev–Trinajstić information content (AvgIpc) is 2.90. The number of benzene rings is 1. The van der Waals surface area contributed by atoms with Gasteiger partial charge in [0.15, 0.2) is 0 Å². The molecule has 2 unspecified atom stereocenters. The topological polar surface area (TPSA) is 59.0 Å². The third-order valence-corrected chi connectivity index (χ3v) is 3.54. The standard InChI is InChI=1S/C14H17F2NO4/c1-17(11-8-20-7-10(11)13(18)19)6-9-4-2-3-5-12(9)21-14(15)16/h2-5,10-11,14H,6-8H2,1H3,(H,18,19). The third kappa shape index (κ3) is 3.89. The molecule has 2 atom stereocenters. The van der Waals surface area contributed by atoms with Gasteiger partial charge in [-0.2, -0.15) is 8.78 Å². The molecule has 1 aromatic rings. The van der Waals surface area contributed by atoms with E-state index in [1.165, 1.54) is 6.07 Å². The van der Waals surface area contributed by atoms with E-state index in [-0.39, 0.29) is 18.4 Å². The summed E-state index contributed by atoms with van der Waals surface area (Å²) in [6, 6.07) is 6.19. The molecular formula is C14H17F2NO4. The smallest absolute Gasteiger partial charge is 0.387 e. The number of hydrogen-bond acceptors (Lipinski definition) is 4. The summed E-state index contributed by atoms with van der Waals surface area (Å²) >= 11 is 0. The normalized spacial score (nSPS) is 22.0. The van der Waals surface area contributed by atoms with Gasteiger partial charge in [0, 0.05) is 18.2 Å². The Morgan fingerprint density at radius 3 is 2.86 bits per heavy atom. The van der Waals surface area contributed by atoms with Gasteiger partial charge in [-0.3, -0.25) is 9.69 Å². The second-order valence-corrected chi connectivity index (χ2v) is 4.95. The summed E-state index contributed by atoms with van der Waals surface area (Å²) < 4.78 is 34.4. The molecule has 1 fully saturated rings. The van der Waals surface area contributed by atoms with E-state index in [0.29, 0.717) is 18.7 Å². The van der Waals surface area contributed by atoms with E-state index in [9.17, 15) is 13.6 Å². The Balaban J connectivity index is 2.09. The molecule has 0 aromatic heterocycles. The van der Waals surface area contributed by atoms with Crippen molar-refractivity contribution in [1.29, 1.82) is 0 Å². The van der Waals surface area contributed by atoms with E-state index in [1.807, 2.05) is 0 Å². The van der Waals surface area contributed by atoms with E-state index in [2.05, 4.69) is 4.74 Å². The van der Waals surface area contributed by atoms with Crippen LogP contribution in [0.25, 0.3) is 0 Å². The molecule has 0 radical (unpaired) electrons. The zero-order valence-corrected chi connectivity index (χ0v) is 11.5. The summed E-state index contributed by atoms with van der Waals surface area (Å²) in [5.74, 6) is -1.43. The number of carbonyl (C=O) groups is 1. The first-order valence-electron chi connectivity index (χ1n) is 6.52. The van der Waals surface area contributed by atoms with Crippen molar-refractivity contribution in [3.05, 3.63) is 29.8 Å².